The SMILES string of the molecule is CCN(Cc1cc(F)cc(F)c1)Cc1ccccc1CN. The first-order chi connectivity index (χ1) is 10.1. The van der Waals surface area contributed by atoms with Gasteiger partial charge in [0.15, 0.2) is 0 Å². The molecular formula is C17H20F2N2. The maximum atomic E-state index is 13.3. The Morgan fingerprint density at radius 1 is 0.952 bits per heavy atom. The summed E-state index contributed by atoms with van der Waals surface area (Å²) in [5.74, 6) is -1.08. The topological polar surface area (TPSA) is 29.3 Å². The minimum absolute atomic E-state index is 0.488. The van der Waals surface area contributed by atoms with Crippen molar-refractivity contribution in [2.75, 3.05) is 6.54 Å². The van der Waals surface area contributed by atoms with E-state index in [0.717, 1.165) is 23.7 Å². The molecular weight excluding hydrogens is 270 g/mol. The lowest BCUT2D eigenvalue weighted by Gasteiger charge is -2.22. The van der Waals surface area contributed by atoms with Crippen LogP contribution in [0.25, 0.3) is 0 Å². The van der Waals surface area contributed by atoms with E-state index < -0.39 is 11.6 Å². The first kappa shape index (κ1) is 15.6. The van der Waals surface area contributed by atoms with Crippen molar-refractivity contribution in [3.8, 4) is 0 Å². The van der Waals surface area contributed by atoms with Crippen LogP contribution in [-0.4, -0.2) is 11.4 Å². The molecule has 0 fully saturated rings. The standard InChI is InChI=1S/C17H20F2N2/c1-2-21(11-13-7-16(18)9-17(19)8-13)12-15-6-4-3-5-14(15)10-20/h3-9H,2,10-12,20H2,1H3. The van der Waals surface area contributed by atoms with Gasteiger partial charge in [0.2, 0.25) is 0 Å². The zero-order chi connectivity index (χ0) is 15.2. The van der Waals surface area contributed by atoms with Gasteiger partial charge in [-0.1, -0.05) is 31.2 Å². The Labute approximate surface area is 124 Å². The Hall–Kier alpha value is -1.78. The van der Waals surface area contributed by atoms with Gasteiger partial charge in [-0.15, -0.1) is 0 Å². The Morgan fingerprint density at radius 2 is 1.57 bits per heavy atom. The summed E-state index contributed by atoms with van der Waals surface area (Å²) >= 11 is 0. The van der Waals surface area contributed by atoms with Crippen molar-refractivity contribution in [2.24, 2.45) is 5.73 Å². The quantitative estimate of drug-likeness (QED) is 0.883. The van der Waals surface area contributed by atoms with Gasteiger partial charge in [0.25, 0.3) is 0 Å². The molecule has 0 aliphatic rings. The Kier molecular flexibility index (Phi) is 5.42. The molecule has 0 heterocycles. The molecule has 2 nitrogen and oxygen atoms in total. The van der Waals surface area contributed by atoms with Crippen molar-refractivity contribution in [1.82, 2.24) is 4.90 Å². The fraction of sp³-hybridized carbons (Fsp3) is 0.294. The van der Waals surface area contributed by atoms with Crippen LogP contribution < -0.4 is 5.73 Å². The molecule has 0 saturated heterocycles. The number of hydrogen-bond acceptors (Lipinski definition) is 2. The molecule has 0 aromatic heterocycles. The number of nitrogens with two attached hydrogens (primary N) is 1. The van der Waals surface area contributed by atoms with Crippen LogP contribution in [0.3, 0.4) is 0 Å². The molecule has 2 rings (SSSR count). The van der Waals surface area contributed by atoms with Crippen LogP contribution >= 0.6 is 0 Å². The van der Waals surface area contributed by atoms with Crippen molar-refractivity contribution in [2.45, 2.75) is 26.6 Å². The summed E-state index contributed by atoms with van der Waals surface area (Å²) in [4.78, 5) is 2.13. The van der Waals surface area contributed by atoms with Crippen LogP contribution in [0, 0.1) is 11.6 Å². The lowest BCUT2D eigenvalue weighted by molar-refractivity contribution is 0.270. The zero-order valence-corrected chi connectivity index (χ0v) is 12.2. The molecule has 0 radical (unpaired) electrons. The van der Waals surface area contributed by atoms with Crippen molar-refractivity contribution in [3.05, 3.63) is 70.8 Å². The van der Waals surface area contributed by atoms with Crippen LogP contribution in [0.2, 0.25) is 0 Å². The highest BCUT2D eigenvalue weighted by atomic mass is 19.1. The van der Waals surface area contributed by atoms with Crippen LogP contribution in [0.4, 0.5) is 8.78 Å². The number of hydrogen-bond donors (Lipinski definition) is 1. The van der Waals surface area contributed by atoms with Gasteiger partial charge in [0, 0.05) is 25.7 Å². The Bertz CT molecular complexity index is 579. The Morgan fingerprint density at radius 3 is 2.14 bits per heavy atom. The second kappa shape index (κ2) is 7.29. The van der Waals surface area contributed by atoms with Gasteiger partial charge in [0.05, 0.1) is 0 Å². The number of rotatable bonds is 6. The first-order valence-electron chi connectivity index (χ1n) is 7.06. The lowest BCUT2D eigenvalue weighted by atomic mass is 10.1. The van der Waals surface area contributed by atoms with E-state index in [1.54, 1.807) is 0 Å². The number of halogens is 2. The molecule has 21 heavy (non-hydrogen) atoms. The molecule has 112 valence electrons. The highest BCUT2D eigenvalue weighted by Gasteiger charge is 2.09. The van der Waals surface area contributed by atoms with E-state index in [9.17, 15) is 8.78 Å². The van der Waals surface area contributed by atoms with Crippen molar-refractivity contribution >= 4 is 0 Å². The number of nitrogens with zero attached hydrogens (tertiary/aromatic N) is 1. The smallest absolute Gasteiger partial charge is 0.126 e. The van der Waals surface area contributed by atoms with Crippen LogP contribution in [-0.2, 0) is 19.6 Å². The van der Waals surface area contributed by atoms with E-state index >= 15 is 0 Å². The average Bonchev–Trinajstić information content (AvgIpc) is 2.46. The van der Waals surface area contributed by atoms with Crippen LogP contribution in [0.5, 0.6) is 0 Å². The maximum absolute atomic E-state index is 13.3. The summed E-state index contributed by atoms with van der Waals surface area (Å²) in [7, 11) is 0. The second-order valence-corrected chi connectivity index (χ2v) is 5.05. The molecule has 0 spiro atoms. The minimum atomic E-state index is -0.539. The second-order valence-electron chi connectivity index (χ2n) is 5.05. The summed E-state index contributed by atoms with van der Waals surface area (Å²) in [6.45, 7) is 4.52. The molecule has 0 atom stereocenters. The highest BCUT2D eigenvalue weighted by Crippen LogP contribution is 2.15. The third kappa shape index (κ3) is 4.34. The largest absolute Gasteiger partial charge is 0.326 e. The molecule has 0 aliphatic carbocycles. The molecule has 2 N–H and O–H groups in total. The Balaban J connectivity index is 2.13. The molecule has 0 unspecified atom stereocenters. The van der Waals surface area contributed by atoms with E-state index in [1.807, 2.05) is 31.2 Å². The van der Waals surface area contributed by atoms with E-state index in [-0.39, 0.29) is 0 Å². The van der Waals surface area contributed by atoms with E-state index in [2.05, 4.69) is 4.90 Å². The summed E-state index contributed by atoms with van der Waals surface area (Å²) in [5.41, 5.74) is 8.63. The van der Waals surface area contributed by atoms with E-state index in [1.165, 1.54) is 12.1 Å². The van der Waals surface area contributed by atoms with Gasteiger partial charge in [-0.05, 0) is 35.4 Å². The first-order valence-corrected chi connectivity index (χ1v) is 7.06. The predicted octanol–water partition coefficient (Wildman–Crippen LogP) is 3.45. The van der Waals surface area contributed by atoms with Crippen molar-refractivity contribution < 1.29 is 8.78 Å². The van der Waals surface area contributed by atoms with Gasteiger partial charge in [-0.3, -0.25) is 4.90 Å². The fourth-order valence-electron chi connectivity index (χ4n) is 2.39. The van der Waals surface area contributed by atoms with Gasteiger partial charge >= 0.3 is 0 Å². The van der Waals surface area contributed by atoms with Crippen molar-refractivity contribution in [1.29, 1.82) is 0 Å². The third-order valence-electron chi connectivity index (χ3n) is 3.51. The van der Waals surface area contributed by atoms with Gasteiger partial charge < -0.3 is 5.73 Å². The van der Waals surface area contributed by atoms with E-state index in [4.69, 9.17) is 5.73 Å². The zero-order valence-electron chi connectivity index (χ0n) is 12.2. The molecule has 0 saturated carbocycles. The van der Waals surface area contributed by atoms with Gasteiger partial charge in [-0.2, -0.15) is 0 Å². The summed E-state index contributed by atoms with van der Waals surface area (Å²) in [6.07, 6.45) is 0. The molecule has 2 aromatic rings. The summed E-state index contributed by atoms with van der Waals surface area (Å²) < 4.78 is 26.5. The third-order valence-corrected chi connectivity index (χ3v) is 3.51. The highest BCUT2D eigenvalue weighted by molar-refractivity contribution is 5.27. The number of benzene rings is 2. The maximum Gasteiger partial charge on any atom is 0.126 e. The predicted molar refractivity (Wildman–Crippen MR) is 80.5 cm³/mol. The molecule has 4 heteroatoms. The molecule has 2 aromatic carbocycles. The lowest BCUT2D eigenvalue weighted by Crippen LogP contribution is -2.23. The van der Waals surface area contributed by atoms with Gasteiger partial charge in [0.1, 0.15) is 11.6 Å². The van der Waals surface area contributed by atoms with Crippen LogP contribution in [0.1, 0.15) is 23.6 Å². The van der Waals surface area contributed by atoms with Crippen molar-refractivity contribution in [3.63, 3.8) is 0 Å². The van der Waals surface area contributed by atoms with Gasteiger partial charge in [-0.25, -0.2) is 8.78 Å². The molecule has 0 aliphatic heterocycles. The van der Waals surface area contributed by atoms with E-state index in [0.29, 0.717) is 25.2 Å². The minimum Gasteiger partial charge on any atom is -0.326 e. The summed E-state index contributed by atoms with van der Waals surface area (Å²) in [6, 6.07) is 11.6. The normalized spacial score (nSPS) is 11.1. The fourth-order valence-corrected chi connectivity index (χ4v) is 2.39. The molecule has 0 bridgehead atoms. The average molecular weight is 290 g/mol. The monoisotopic (exact) mass is 290 g/mol. The summed E-state index contributed by atoms with van der Waals surface area (Å²) in [5, 5.41) is 0. The van der Waals surface area contributed by atoms with Crippen LogP contribution in [0.15, 0.2) is 42.5 Å². The molecule has 0 amide bonds.